The van der Waals surface area contributed by atoms with Crippen LogP contribution in [0.4, 0.5) is 0 Å². The molecule has 3 fully saturated rings. The Kier molecular flexibility index (Phi) is 8.97. The number of carbonyl (C=O) groups is 4. The summed E-state index contributed by atoms with van der Waals surface area (Å²) in [5, 5.41) is 6.00. The van der Waals surface area contributed by atoms with Gasteiger partial charge in [0.2, 0.25) is 17.7 Å². The zero-order valence-corrected chi connectivity index (χ0v) is 28.2. The van der Waals surface area contributed by atoms with E-state index in [0.29, 0.717) is 30.9 Å². The van der Waals surface area contributed by atoms with Gasteiger partial charge in [0.05, 0.1) is 28.7 Å². The van der Waals surface area contributed by atoms with Crippen LogP contribution in [0.5, 0.6) is 5.75 Å². The maximum atomic E-state index is 14.3. The number of rotatable bonds is 7. The second kappa shape index (κ2) is 13.3. The smallest absolute Gasteiger partial charge is 0.332 e. The first-order valence-electron chi connectivity index (χ1n) is 17.0. The number of fused-ring (bicyclic) bond motifs is 3. The Hall–Kier alpha value is -4.26. The van der Waals surface area contributed by atoms with E-state index in [4.69, 9.17) is 9.47 Å². The standard InChI is InChI=1S/C35H42N6O6S/c1-40-15-14-37-31(40)28-18-25-30(48-28)27(12-13-36-25)47-23-17-26-32(43)39-35(34(45)46-2)19-22(35)8-6-4-3-5-7-9-24(33(44)41(26)20-23)38-29(42)16-21-10-11-21/h6,8,12-15,18,21-24,26H,3-5,7,9-11,16-17,19-20H2,1-2H3,(H,38,42)(H,39,43)/t22-,23-,24+,26+,35-/m1/s1. The molecule has 2 aliphatic carbocycles. The van der Waals surface area contributed by atoms with E-state index in [2.05, 4.69) is 26.7 Å². The fourth-order valence-corrected chi connectivity index (χ4v) is 8.16. The van der Waals surface area contributed by atoms with Crippen molar-refractivity contribution >= 4 is 45.2 Å². The largest absolute Gasteiger partial charge is 0.487 e. The number of hydrogen-bond donors (Lipinski definition) is 2. The van der Waals surface area contributed by atoms with Gasteiger partial charge in [-0.15, -0.1) is 11.3 Å². The Morgan fingerprint density at radius 2 is 2.00 bits per heavy atom. The average molecular weight is 675 g/mol. The van der Waals surface area contributed by atoms with Crippen molar-refractivity contribution in [1.82, 2.24) is 30.1 Å². The lowest BCUT2D eigenvalue weighted by atomic mass is 10.0. The first-order chi connectivity index (χ1) is 23.3. The van der Waals surface area contributed by atoms with Crippen molar-refractivity contribution < 1.29 is 28.7 Å². The molecule has 0 bridgehead atoms. The maximum Gasteiger partial charge on any atom is 0.332 e. The molecule has 1 saturated heterocycles. The minimum Gasteiger partial charge on any atom is -0.487 e. The van der Waals surface area contributed by atoms with Gasteiger partial charge in [-0.25, -0.2) is 9.78 Å². The molecule has 0 spiro atoms. The number of aromatic nitrogens is 3. The minimum absolute atomic E-state index is 0.129. The summed E-state index contributed by atoms with van der Waals surface area (Å²) >= 11 is 1.52. The highest BCUT2D eigenvalue weighted by molar-refractivity contribution is 7.22. The van der Waals surface area contributed by atoms with Gasteiger partial charge in [-0.05, 0) is 56.6 Å². The van der Waals surface area contributed by atoms with Crippen LogP contribution in [-0.2, 0) is 31.0 Å². The zero-order chi connectivity index (χ0) is 33.4. The molecule has 12 nitrogen and oxygen atoms in total. The molecular formula is C35H42N6O6S. The van der Waals surface area contributed by atoms with E-state index in [9.17, 15) is 19.2 Å². The molecule has 254 valence electrons. The van der Waals surface area contributed by atoms with Gasteiger partial charge < -0.3 is 29.6 Å². The van der Waals surface area contributed by atoms with Crippen molar-refractivity contribution in [3.8, 4) is 16.5 Å². The third kappa shape index (κ3) is 6.56. The Labute approximate surface area is 283 Å². The van der Waals surface area contributed by atoms with Gasteiger partial charge in [0.25, 0.3) is 0 Å². The average Bonchev–Trinajstić information content (AvgIpc) is 3.81. The summed E-state index contributed by atoms with van der Waals surface area (Å²) < 4.78 is 14.5. The maximum absolute atomic E-state index is 14.3. The Morgan fingerprint density at radius 3 is 2.77 bits per heavy atom. The van der Waals surface area contributed by atoms with Gasteiger partial charge in [-0.1, -0.05) is 25.0 Å². The van der Waals surface area contributed by atoms with Crippen molar-refractivity contribution in [3.05, 3.63) is 42.9 Å². The van der Waals surface area contributed by atoms with Crippen molar-refractivity contribution in [1.29, 1.82) is 0 Å². The molecular weight excluding hydrogens is 632 g/mol. The number of carbonyl (C=O) groups excluding carboxylic acids is 4. The third-order valence-corrected chi connectivity index (χ3v) is 11.1. The Bertz CT molecular complexity index is 1750. The van der Waals surface area contributed by atoms with E-state index in [-0.39, 0.29) is 30.7 Å². The van der Waals surface area contributed by atoms with Crippen molar-refractivity contribution in [2.24, 2.45) is 18.9 Å². The van der Waals surface area contributed by atoms with Crippen LogP contribution >= 0.6 is 11.3 Å². The highest BCUT2D eigenvalue weighted by atomic mass is 32.1. The first kappa shape index (κ1) is 32.3. The van der Waals surface area contributed by atoms with E-state index in [1.165, 1.54) is 18.4 Å². The fraction of sp³-hybridized carbons (Fsp3) is 0.543. The van der Waals surface area contributed by atoms with Gasteiger partial charge in [-0.2, -0.15) is 0 Å². The summed E-state index contributed by atoms with van der Waals surface area (Å²) in [5.74, 6) is 0.278. The third-order valence-electron chi connectivity index (χ3n) is 10.0. The number of nitrogens with one attached hydrogen (secondary N) is 2. The molecule has 2 saturated carbocycles. The van der Waals surface area contributed by atoms with Gasteiger partial charge >= 0.3 is 5.97 Å². The van der Waals surface area contributed by atoms with Crippen LogP contribution in [0.15, 0.2) is 42.9 Å². The molecule has 48 heavy (non-hydrogen) atoms. The number of pyridine rings is 1. The number of amides is 3. The van der Waals surface area contributed by atoms with Gasteiger partial charge in [0.1, 0.15) is 35.3 Å². The van der Waals surface area contributed by atoms with Crippen molar-refractivity contribution in [3.63, 3.8) is 0 Å². The van der Waals surface area contributed by atoms with Crippen LogP contribution in [0, 0.1) is 11.8 Å². The number of aryl methyl sites for hydroxylation is 1. The fourth-order valence-electron chi connectivity index (χ4n) is 7.05. The van der Waals surface area contributed by atoms with Gasteiger partial charge in [0.15, 0.2) is 0 Å². The van der Waals surface area contributed by atoms with Crippen molar-refractivity contribution in [2.75, 3.05) is 13.7 Å². The second-order valence-electron chi connectivity index (χ2n) is 13.6. The number of methoxy groups -OCH3 is 1. The summed E-state index contributed by atoms with van der Waals surface area (Å²) in [4.78, 5) is 65.9. The summed E-state index contributed by atoms with van der Waals surface area (Å²) in [6.07, 6.45) is 15.9. The molecule has 3 amide bonds. The summed E-state index contributed by atoms with van der Waals surface area (Å²) in [6.45, 7) is 0.155. The van der Waals surface area contributed by atoms with Crippen LogP contribution in [0.1, 0.15) is 64.2 Å². The molecule has 0 aromatic carbocycles. The molecule has 2 aliphatic heterocycles. The molecule has 4 aliphatic rings. The topological polar surface area (TPSA) is 145 Å². The van der Waals surface area contributed by atoms with E-state index in [1.807, 2.05) is 30.0 Å². The molecule has 2 N–H and O–H groups in total. The summed E-state index contributed by atoms with van der Waals surface area (Å²) in [5.41, 5.74) is -0.396. The lowest BCUT2D eigenvalue weighted by Gasteiger charge is -2.29. The molecule has 0 radical (unpaired) electrons. The molecule has 3 aromatic rings. The van der Waals surface area contributed by atoms with Crippen LogP contribution in [0.3, 0.4) is 0 Å². The van der Waals surface area contributed by atoms with Crippen LogP contribution < -0.4 is 15.4 Å². The molecule has 3 aromatic heterocycles. The lowest BCUT2D eigenvalue weighted by molar-refractivity contribution is -0.148. The highest BCUT2D eigenvalue weighted by Crippen LogP contribution is 2.46. The number of hydrogen-bond acceptors (Lipinski definition) is 9. The molecule has 7 rings (SSSR count). The molecule has 13 heteroatoms. The van der Waals surface area contributed by atoms with E-state index in [0.717, 1.165) is 59.4 Å². The lowest BCUT2D eigenvalue weighted by Crippen LogP contribution is -2.56. The number of nitrogens with zero attached hydrogens (tertiary/aromatic N) is 4. The summed E-state index contributed by atoms with van der Waals surface area (Å²) in [7, 11) is 3.26. The van der Waals surface area contributed by atoms with Gasteiger partial charge in [0, 0.05) is 44.4 Å². The number of ether oxygens (including phenoxy) is 2. The van der Waals surface area contributed by atoms with E-state index < -0.39 is 35.6 Å². The number of allylic oxidation sites excluding steroid dienone is 1. The predicted molar refractivity (Wildman–Crippen MR) is 179 cm³/mol. The van der Waals surface area contributed by atoms with Crippen LogP contribution in [0.25, 0.3) is 20.9 Å². The number of esters is 1. The normalized spacial score (nSPS) is 27.8. The van der Waals surface area contributed by atoms with E-state index in [1.54, 1.807) is 23.4 Å². The van der Waals surface area contributed by atoms with Crippen molar-refractivity contribution in [2.45, 2.75) is 87.9 Å². The molecule has 5 atom stereocenters. The molecule has 0 unspecified atom stereocenters. The minimum atomic E-state index is -1.16. The summed E-state index contributed by atoms with van der Waals surface area (Å²) in [6, 6.07) is 2.13. The number of imidazole rings is 1. The van der Waals surface area contributed by atoms with E-state index >= 15 is 0 Å². The highest BCUT2D eigenvalue weighted by Gasteiger charge is 2.62. The SMILES string of the molecule is COC(=O)[C@@]12C[C@H]1C=CCCCCC[C@H](NC(=O)CC1CC1)C(=O)N1C[C@H](Oc3ccnc4cc(-c5nccn5C)sc34)C[C@H]1C(=O)N2. The Morgan fingerprint density at radius 1 is 1.15 bits per heavy atom. The second-order valence-corrected chi connectivity index (χ2v) is 14.6. The van der Waals surface area contributed by atoms with Gasteiger partial charge in [-0.3, -0.25) is 19.4 Å². The van der Waals surface area contributed by atoms with Crippen LogP contribution in [0.2, 0.25) is 0 Å². The first-order valence-corrected chi connectivity index (χ1v) is 17.8. The Balaban J connectivity index is 1.17. The zero-order valence-electron chi connectivity index (χ0n) is 27.4. The quantitative estimate of drug-likeness (QED) is 0.284. The van der Waals surface area contributed by atoms with Crippen LogP contribution in [-0.4, -0.2) is 80.5 Å². The predicted octanol–water partition coefficient (Wildman–Crippen LogP) is 3.90. The monoisotopic (exact) mass is 674 g/mol. The molecule has 5 heterocycles. The number of thiophene rings is 1.